The molecule has 2 aromatic heterocycles. The Hall–Kier alpha value is 0.680. The molecular formula is C11H18N5Na2O12P3+2. The molecule has 0 amide bonds. The van der Waals surface area contributed by atoms with Crippen LogP contribution in [0.3, 0.4) is 0 Å². The quantitative estimate of drug-likeness (QED) is 0.119. The summed E-state index contributed by atoms with van der Waals surface area (Å²) in [5, 5.41) is 20.5. The first-order chi connectivity index (χ1) is 14.2. The molecule has 3 rings (SSSR count). The van der Waals surface area contributed by atoms with E-state index in [4.69, 9.17) is 20.3 Å². The van der Waals surface area contributed by atoms with Crippen LogP contribution in [-0.4, -0.2) is 80.1 Å². The van der Waals surface area contributed by atoms with E-state index in [1.165, 1.54) is 10.9 Å². The third-order valence-corrected chi connectivity index (χ3v) is 9.22. The number of rotatable bonds is 8. The molecule has 17 nitrogen and oxygen atoms in total. The fourth-order valence-corrected chi connectivity index (χ4v) is 7.11. The van der Waals surface area contributed by atoms with Crippen molar-refractivity contribution in [1.29, 1.82) is 0 Å². The van der Waals surface area contributed by atoms with E-state index in [2.05, 4.69) is 23.8 Å². The summed E-state index contributed by atoms with van der Waals surface area (Å²) in [6.45, 7) is -0.901. The van der Waals surface area contributed by atoms with Gasteiger partial charge in [0.2, 0.25) is 0 Å². The number of nitrogens with two attached hydrogens (primary N) is 1. The van der Waals surface area contributed by atoms with E-state index in [0.717, 1.165) is 6.33 Å². The van der Waals surface area contributed by atoms with Gasteiger partial charge >= 0.3 is 82.1 Å². The topological polar surface area (TPSA) is 270 Å². The Morgan fingerprint density at radius 2 is 1.70 bits per heavy atom. The molecule has 0 saturated carbocycles. The SMILES string of the molecule is Nc1ncnc2c1ncn2[C@@H]1O[C@H](COP(=O)(O)OP(=O)(O)CP(=O)(O)O)[C@@H](O)[C@H]1O.[Na+].[Na+]. The van der Waals surface area contributed by atoms with Gasteiger partial charge in [0.15, 0.2) is 23.6 Å². The largest absolute Gasteiger partial charge is 1.00 e. The van der Waals surface area contributed by atoms with Gasteiger partial charge in [-0.15, -0.1) is 0 Å². The summed E-state index contributed by atoms with van der Waals surface area (Å²) >= 11 is 0. The number of aliphatic hydroxyl groups is 2. The van der Waals surface area contributed by atoms with Crippen LogP contribution in [0.5, 0.6) is 0 Å². The van der Waals surface area contributed by atoms with Gasteiger partial charge in [0.05, 0.1) is 12.9 Å². The standard InChI is InChI=1S/C11H18N5O12P3.2Na/c12-9-6-10(14-2-13-9)16(3-15-6)11-8(18)7(17)5(27-11)1-26-31(24,25)28-30(22,23)4-29(19,20)21;;/h2-3,5,7-8,11,17-18H,1,4H2,(H,22,23)(H,24,25)(H2,12,13,14)(H2,19,20,21);;/q;2*+1/t5-,7-,8-,11-;;/m1../s1. The Labute approximate surface area is 229 Å². The van der Waals surface area contributed by atoms with E-state index in [1.54, 1.807) is 0 Å². The average Bonchev–Trinajstić information content (AvgIpc) is 3.13. The molecule has 33 heavy (non-hydrogen) atoms. The summed E-state index contributed by atoms with van der Waals surface area (Å²) in [7, 11) is -15.6. The molecule has 174 valence electrons. The minimum absolute atomic E-state index is 0. The van der Waals surface area contributed by atoms with Crippen molar-refractivity contribution in [3.8, 4) is 0 Å². The molecule has 0 aliphatic carbocycles. The van der Waals surface area contributed by atoms with Gasteiger partial charge in [-0.25, -0.2) is 23.8 Å². The third kappa shape index (κ3) is 8.09. The van der Waals surface area contributed by atoms with Gasteiger partial charge < -0.3 is 40.3 Å². The van der Waals surface area contributed by atoms with Gasteiger partial charge in [-0.2, -0.15) is 0 Å². The summed E-state index contributed by atoms with van der Waals surface area (Å²) in [6.07, 6.45) is -3.54. The van der Waals surface area contributed by atoms with Crippen LogP contribution in [0.25, 0.3) is 11.2 Å². The third-order valence-electron chi connectivity index (χ3n) is 3.99. The van der Waals surface area contributed by atoms with Gasteiger partial charge in [-0.1, -0.05) is 0 Å². The van der Waals surface area contributed by atoms with Gasteiger partial charge in [0.25, 0.3) is 0 Å². The molecule has 2 aromatic rings. The molecule has 1 fully saturated rings. The number of hydrogen-bond acceptors (Lipinski definition) is 12. The van der Waals surface area contributed by atoms with Crippen molar-refractivity contribution in [2.75, 3.05) is 18.2 Å². The average molecular weight is 551 g/mol. The first kappa shape index (κ1) is 31.7. The number of ether oxygens (including phenoxy) is 1. The minimum atomic E-state index is -5.31. The molecule has 1 aliphatic heterocycles. The maximum absolute atomic E-state index is 11.9. The van der Waals surface area contributed by atoms with Crippen LogP contribution in [0.1, 0.15) is 6.23 Å². The van der Waals surface area contributed by atoms with E-state index in [9.17, 15) is 33.7 Å². The number of nitrogens with zero attached hydrogens (tertiary/aromatic N) is 4. The van der Waals surface area contributed by atoms with Crippen LogP contribution in [-0.2, 0) is 27.3 Å². The van der Waals surface area contributed by atoms with Crippen LogP contribution >= 0.6 is 23.0 Å². The van der Waals surface area contributed by atoms with Crippen LogP contribution < -0.4 is 64.8 Å². The maximum atomic E-state index is 11.9. The number of imidazole rings is 1. The van der Waals surface area contributed by atoms with Crippen molar-refractivity contribution in [2.45, 2.75) is 24.5 Å². The van der Waals surface area contributed by atoms with Crippen LogP contribution in [0.4, 0.5) is 5.82 Å². The maximum Gasteiger partial charge on any atom is 1.00 e. The van der Waals surface area contributed by atoms with Gasteiger partial charge in [-0.05, 0) is 0 Å². The smallest absolute Gasteiger partial charge is 0.387 e. The monoisotopic (exact) mass is 551 g/mol. The molecule has 2 unspecified atom stereocenters. The Morgan fingerprint density at radius 3 is 2.30 bits per heavy atom. The van der Waals surface area contributed by atoms with Crippen molar-refractivity contribution in [3.63, 3.8) is 0 Å². The molecule has 0 spiro atoms. The number of aliphatic hydroxyl groups excluding tert-OH is 2. The fourth-order valence-electron chi connectivity index (χ4n) is 2.76. The molecular weight excluding hydrogens is 533 g/mol. The minimum Gasteiger partial charge on any atom is -0.387 e. The second kappa shape index (κ2) is 11.8. The molecule has 8 N–H and O–H groups in total. The number of phosphoric ester groups is 1. The second-order valence-electron chi connectivity index (χ2n) is 6.42. The molecule has 22 heteroatoms. The van der Waals surface area contributed by atoms with Crippen molar-refractivity contribution in [2.24, 2.45) is 0 Å². The zero-order valence-electron chi connectivity index (χ0n) is 17.2. The van der Waals surface area contributed by atoms with Gasteiger partial charge in [0.1, 0.15) is 30.2 Å². The molecule has 0 radical (unpaired) electrons. The van der Waals surface area contributed by atoms with E-state index in [0.29, 0.717) is 0 Å². The predicted octanol–water partition coefficient (Wildman–Crippen LogP) is -7.51. The number of fused-ring (bicyclic) bond motifs is 1. The van der Waals surface area contributed by atoms with E-state index >= 15 is 0 Å². The van der Waals surface area contributed by atoms with Crippen molar-refractivity contribution in [3.05, 3.63) is 12.7 Å². The summed E-state index contributed by atoms with van der Waals surface area (Å²) in [5.74, 6) is -1.66. The summed E-state index contributed by atoms with van der Waals surface area (Å²) in [4.78, 5) is 48.0. The normalized spacial score (nSPS) is 26.7. The predicted molar refractivity (Wildman–Crippen MR) is 99.3 cm³/mol. The number of aromatic nitrogens is 4. The molecule has 6 atom stereocenters. The Bertz CT molecular complexity index is 1120. The Kier molecular flexibility index (Phi) is 11.4. The summed E-state index contributed by atoms with van der Waals surface area (Å²) in [6, 6.07) is 0. The van der Waals surface area contributed by atoms with Crippen LogP contribution in [0, 0.1) is 0 Å². The molecule has 0 aromatic carbocycles. The Balaban J connectivity index is 0.00000272. The number of hydrogen-bond donors (Lipinski definition) is 7. The van der Waals surface area contributed by atoms with Crippen molar-refractivity contribution >= 4 is 40.0 Å². The zero-order valence-corrected chi connectivity index (χ0v) is 23.9. The van der Waals surface area contributed by atoms with Crippen molar-refractivity contribution < 1.29 is 116 Å². The Morgan fingerprint density at radius 1 is 1.06 bits per heavy atom. The molecule has 1 aliphatic rings. The second-order valence-corrected chi connectivity index (χ2v) is 12.0. The van der Waals surface area contributed by atoms with Gasteiger partial charge in [0, 0.05) is 0 Å². The van der Waals surface area contributed by atoms with E-state index in [-0.39, 0.29) is 76.1 Å². The summed E-state index contributed by atoms with van der Waals surface area (Å²) in [5.41, 5.74) is 6.04. The molecule has 0 bridgehead atoms. The number of nitrogen functional groups attached to an aromatic ring is 1. The number of anilines is 1. The van der Waals surface area contributed by atoms with Crippen LogP contribution in [0.2, 0.25) is 0 Å². The van der Waals surface area contributed by atoms with Crippen LogP contribution in [0.15, 0.2) is 12.7 Å². The van der Waals surface area contributed by atoms with E-state index < -0.39 is 60.1 Å². The molecule has 3 heterocycles. The fraction of sp³-hybridized carbons (Fsp3) is 0.545. The van der Waals surface area contributed by atoms with E-state index in [1.807, 2.05) is 0 Å². The summed E-state index contributed by atoms with van der Waals surface area (Å²) < 4.78 is 49.4. The first-order valence-electron chi connectivity index (χ1n) is 8.19. The number of phosphoric acid groups is 1. The molecule has 1 saturated heterocycles. The zero-order chi connectivity index (χ0) is 23.2. The van der Waals surface area contributed by atoms with Gasteiger partial charge in [-0.3, -0.25) is 18.2 Å². The van der Waals surface area contributed by atoms with Crippen molar-refractivity contribution in [1.82, 2.24) is 19.5 Å². The first-order valence-corrected chi connectivity index (χ1v) is 13.2.